The third-order valence-electron chi connectivity index (χ3n) is 6.96. The van der Waals surface area contributed by atoms with Crippen LogP contribution in [0.15, 0.2) is 61.1 Å². The van der Waals surface area contributed by atoms with Gasteiger partial charge < -0.3 is 15.0 Å². The SMILES string of the molecule is CCOc1ccc2[nH]c3cnc(-c4cnn(C)c4)cc3c2c1-c1ccc(C(=O)NC2CCCCN2)cc1. The number of fused-ring (bicyclic) bond motifs is 3. The number of nitrogens with zero attached hydrogens (tertiary/aromatic N) is 3. The van der Waals surface area contributed by atoms with Gasteiger partial charge in [0.05, 0.1) is 36.4 Å². The molecule has 0 spiro atoms. The number of amides is 1. The third-order valence-corrected chi connectivity index (χ3v) is 6.96. The van der Waals surface area contributed by atoms with Crippen LogP contribution in [0.1, 0.15) is 36.5 Å². The Morgan fingerprint density at radius 1 is 1.11 bits per heavy atom. The highest BCUT2D eigenvalue weighted by Gasteiger charge is 2.19. The van der Waals surface area contributed by atoms with Crippen LogP contribution >= 0.6 is 0 Å². The van der Waals surface area contributed by atoms with Crippen molar-refractivity contribution in [3.05, 3.63) is 66.6 Å². The van der Waals surface area contributed by atoms with Crippen molar-refractivity contribution in [1.82, 2.24) is 30.4 Å². The largest absolute Gasteiger partial charge is 0.493 e. The molecule has 1 aliphatic rings. The summed E-state index contributed by atoms with van der Waals surface area (Å²) >= 11 is 0. The number of hydrogen-bond acceptors (Lipinski definition) is 5. The third kappa shape index (κ3) is 4.44. The average Bonchev–Trinajstić information content (AvgIpc) is 3.52. The Kier molecular flexibility index (Phi) is 6.10. The lowest BCUT2D eigenvalue weighted by molar-refractivity contribution is 0.0921. The van der Waals surface area contributed by atoms with Crippen molar-refractivity contribution in [3.8, 4) is 28.1 Å². The van der Waals surface area contributed by atoms with Crippen molar-refractivity contribution < 1.29 is 9.53 Å². The number of nitrogens with one attached hydrogen (secondary N) is 3. The van der Waals surface area contributed by atoms with Gasteiger partial charge in [0, 0.05) is 46.2 Å². The molecule has 3 aromatic heterocycles. The zero-order chi connectivity index (χ0) is 25.4. The van der Waals surface area contributed by atoms with E-state index in [0.29, 0.717) is 12.2 Å². The summed E-state index contributed by atoms with van der Waals surface area (Å²) in [7, 11) is 1.90. The number of H-pyrrole nitrogens is 1. The van der Waals surface area contributed by atoms with Crippen LogP contribution in [0.2, 0.25) is 0 Å². The fraction of sp³-hybridized carbons (Fsp3) is 0.276. The Bertz CT molecular complexity index is 1580. The number of ether oxygens (including phenoxy) is 1. The van der Waals surface area contributed by atoms with Gasteiger partial charge in [0.15, 0.2) is 0 Å². The normalized spacial score (nSPS) is 15.8. The minimum absolute atomic E-state index is 0.0353. The van der Waals surface area contributed by atoms with Crippen molar-refractivity contribution in [2.75, 3.05) is 13.2 Å². The van der Waals surface area contributed by atoms with Crippen LogP contribution in [-0.2, 0) is 7.05 Å². The number of aromatic nitrogens is 4. The maximum absolute atomic E-state index is 12.9. The van der Waals surface area contributed by atoms with Gasteiger partial charge in [0.25, 0.3) is 5.91 Å². The molecule has 1 atom stereocenters. The molecule has 8 heteroatoms. The number of aromatic amines is 1. The Balaban J connectivity index is 1.43. The molecule has 3 N–H and O–H groups in total. The second-order valence-electron chi connectivity index (χ2n) is 9.49. The average molecular weight is 495 g/mol. The molecule has 0 radical (unpaired) electrons. The van der Waals surface area contributed by atoms with Crippen molar-refractivity contribution in [3.63, 3.8) is 0 Å². The highest BCUT2D eigenvalue weighted by Crippen LogP contribution is 2.41. The Morgan fingerprint density at radius 3 is 2.70 bits per heavy atom. The summed E-state index contributed by atoms with van der Waals surface area (Å²) in [5.41, 5.74) is 6.40. The van der Waals surface area contributed by atoms with Gasteiger partial charge in [0.1, 0.15) is 5.75 Å². The predicted octanol–water partition coefficient (Wildman–Crippen LogP) is 5.01. The lowest BCUT2D eigenvalue weighted by Gasteiger charge is -2.24. The van der Waals surface area contributed by atoms with Crippen molar-refractivity contribution in [1.29, 1.82) is 0 Å². The molecule has 188 valence electrons. The van der Waals surface area contributed by atoms with Gasteiger partial charge in [-0.25, -0.2) is 0 Å². The summed E-state index contributed by atoms with van der Waals surface area (Å²) in [6, 6.07) is 13.9. The van der Waals surface area contributed by atoms with Gasteiger partial charge in [-0.2, -0.15) is 5.10 Å². The van der Waals surface area contributed by atoms with E-state index in [9.17, 15) is 4.79 Å². The molecule has 1 unspecified atom stereocenters. The van der Waals surface area contributed by atoms with E-state index in [0.717, 1.165) is 75.7 Å². The van der Waals surface area contributed by atoms with E-state index >= 15 is 0 Å². The van der Waals surface area contributed by atoms with Crippen molar-refractivity contribution >= 4 is 27.7 Å². The predicted molar refractivity (Wildman–Crippen MR) is 146 cm³/mol. The number of hydrogen-bond donors (Lipinski definition) is 3. The fourth-order valence-electron chi connectivity index (χ4n) is 5.15. The summed E-state index contributed by atoms with van der Waals surface area (Å²) in [6.45, 7) is 3.48. The van der Waals surface area contributed by atoms with Crippen molar-refractivity contribution in [2.45, 2.75) is 32.4 Å². The van der Waals surface area contributed by atoms with E-state index in [4.69, 9.17) is 4.74 Å². The molecule has 0 aliphatic carbocycles. The lowest BCUT2D eigenvalue weighted by atomic mass is 9.97. The quantitative estimate of drug-likeness (QED) is 0.308. The van der Waals surface area contributed by atoms with Crippen LogP contribution in [0, 0.1) is 0 Å². The molecule has 0 bridgehead atoms. The number of rotatable bonds is 6. The molecule has 2 aromatic carbocycles. The van der Waals surface area contributed by atoms with E-state index in [2.05, 4.69) is 31.8 Å². The van der Waals surface area contributed by atoms with Gasteiger partial charge in [-0.15, -0.1) is 0 Å². The van der Waals surface area contributed by atoms with E-state index < -0.39 is 0 Å². The van der Waals surface area contributed by atoms with Crippen LogP contribution in [0.25, 0.3) is 44.2 Å². The number of aryl methyl sites for hydroxylation is 1. The second-order valence-corrected chi connectivity index (χ2v) is 9.49. The first-order valence-corrected chi connectivity index (χ1v) is 12.8. The van der Waals surface area contributed by atoms with Gasteiger partial charge >= 0.3 is 0 Å². The molecule has 5 aromatic rings. The van der Waals surface area contributed by atoms with E-state index in [-0.39, 0.29) is 12.1 Å². The highest BCUT2D eigenvalue weighted by atomic mass is 16.5. The molecule has 1 amide bonds. The Hall–Kier alpha value is -4.17. The van der Waals surface area contributed by atoms with E-state index in [1.54, 1.807) is 4.68 Å². The molecular formula is C29H30N6O2. The lowest BCUT2D eigenvalue weighted by Crippen LogP contribution is -2.47. The standard InChI is InChI=1S/C29H30N6O2/c1-3-37-25-12-11-22-28(21-14-23(31-16-24(21)33-22)20-15-32-35(2)17-20)27(25)18-7-9-19(10-8-18)29(36)34-26-6-4-5-13-30-26/h7-12,14-17,26,30,33H,3-6,13H2,1-2H3,(H,34,36). The first-order chi connectivity index (χ1) is 18.1. The molecule has 1 saturated heterocycles. The van der Waals surface area contributed by atoms with Crippen LogP contribution in [0.4, 0.5) is 0 Å². The van der Waals surface area contributed by atoms with Crippen LogP contribution in [0.3, 0.4) is 0 Å². The van der Waals surface area contributed by atoms with E-state index in [1.165, 1.54) is 0 Å². The number of carbonyl (C=O) groups is 1. The van der Waals surface area contributed by atoms with Gasteiger partial charge in [0.2, 0.25) is 0 Å². The Labute approximate surface area is 215 Å². The number of carbonyl (C=O) groups excluding carboxylic acids is 1. The molecule has 1 fully saturated rings. The minimum atomic E-state index is -0.0616. The van der Waals surface area contributed by atoms with Gasteiger partial charge in [-0.3, -0.25) is 19.8 Å². The zero-order valence-electron chi connectivity index (χ0n) is 21.0. The molecule has 0 saturated carbocycles. The first kappa shape index (κ1) is 23.2. The Morgan fingerprint density at radius 2 is 1.97 bits per heavy atom. The smallest absolute Gasteiger partial charge is 0.252 e. The van der Waals surface area contributed by atoms with Crippen LogP contribution in [-0.4, -0.2) is 45.0 Å². The molecule has 37 heavy (non-hydrogen) atoms. The topological polar surface area (TPSA) is 96.9 Å². The molecule has 8 nitrogen and oxygen atoms in total. The maximum Gasteiger partial charge on any atom is 0.252 e. The van der Waals surface area contributed by atoms with Crippen LogP contribution < -0.4 is 15.4 Å². The highest BCUT2D eigenvalue weighted by molar-refractivity contribution is 6.16. The van der Waals surface area contributed by atoms with Crippen LogP contribution in [0.5, 0.6) is 5.75 Å². The molecular weight excluding hydrogens is 464 g/mol. The molecule has 6 rings (SSSR count). The summed E-state index contributed by atoms with van der Waals surface area (Å²) < 4.78 is 7.86. The number of pyridine rings is 1. The summed E-state index contributed by atoms with van der Waals surface area (Å²) in [6.07, 6.45) is 8.93. The number of piperidine rings is 1. The molecule has 1 aliphatic heterocycles. The summed E-state index contributed by atoms with van der Waals surface area (Å²) in [5.74, 6) is 0.743. The zero-order valence-corrected chi connectivity index (χ0v) is 21.0. The van der Waals surface area contributed by atoms with Crippen molar-refractivity contribution in [2.24, 2.45) is 7.05 Å². The summed E-state index contributed by atoms with van der Waals surface area (Å²) in [5, 5.41) is 12.9. The van der Waals surface area contributed by atoms with Gasteiger partial charge in [-0.05, 0) is 68.6 Å². The monoisotopic (exact) mass is 494 g/mol. The summed E-state index contributed by atoms with van der Waals surface area (Å²) in [4.78, 5) is 21.0. The van der Waals surface area contributed by atoms with Gasteiger partial charge in [-0.1, -0.05) is 12.1 Å². The first-order valence-electron chi connectivity index (χ1n) is 12.8. The molecule has 4 heterocycles. The minimum Gasteiger partial charge on any atom is -0.493 e. The number of benzene rings is 2. The maximum atomic E-state index is 12.9. The van der Waals surface area contributed by atoms with E-state index in [1.807, 2.05) is 69.0 Å². The second kappa shape index (κ2) is 9.71. The fourth-order valence-corrected chi connectivity index (χ4v) is 5.15.